The number of aryl methyl sites for hydroxylation is 2. The highest BCUT2D eigenvalue weighted by Gasteiger charge is 2.30. The topological polar surface area (TPSA) is 108 Å². The number of benzene rings is 1. The molecule has 0 saturated heterocycles. The number of carbonyl (C=O) groups is 1. The second-order valence-electron chi connectivity index (χ2n) is 8.86. The Labute approximate surface area is 195 Å². The summed E-state index contributed by atoms with van der Waals surface area (Å²) in [5.41, 5.74) is 2.35. The number of carbonyl (C=O) groups excluding carboxylic acids is 1. The van der Waals surface area contributed by atoms with E-state index in [0.717, 1.165) is 34.4 Å². The van der Waals surface area contributed by atoms with E-state index in [9.17, 15) is 23.6 Å². The molecular formula is C24H32N2O4S2. The molecule has 2 aromatic rings. The number of Topliss-reactive ketones (excluding diaryl/α,β-unsaturated/α-hetero) is 1. The average molecular weight is 477 g/mol. The summed E-state index contributed by atoms with van der Waals surface area (Å²) in [6.07, 6.45) is 1.97. The smallest absolute Gasteiger partial charge is 0.196 e. The standard InChI is InChI=1S/C24H32N2O4S2/c1-7-9-17-10-16(13-25)11-19(15(3)4)20(17)12-18(27)14-32(29,30)22-21(8-2)26-23(31-22)24(5,6)28/h10-11,15,28H,7-9,12,14H2,1-6H3. The molecule has 0 radical (unpaired) electrons. The van der Waals surface area contributed by atoms with E-state index in [1.54, 1.807) is 32.9 Å². The maximum atomic E-state index is 13.1. The average Bonchev–Trinajstić information content (AvgIpc) is 3.14. The van der Waals surface area contributed by atoms with Crippen molar-refractivity contribution < 1.29 is 18.3 Å². The van der Waals surface area contributed by atoms with Crippen LogP contribution < -0.4 is 0 Å². The van der Waals surface area contributed by atoms with Crippen molar-refractivity contribution in [3.05, 3.63) is 45.1 Å². The summed E-state index contributed by atoms with van der Waals surface area (Å²) in [5, 5.41) is 19.9. The van der Waals surface area contributed by atoms with Crippen LogP contribution in [0.5, 0.6) is 0 Å². The Hall–Kier alpha value is -2.08. The van der Waals surface area contributed by atoms with Crippen LogP contribution in [0.25, 0.3) is 0 Å². The molecule has 1 aromatic heterocycles. The Morgan fingerprint density at radius 1 is 1.28 bits per heavy atom. The molecule has 8 heteroatoms. The van der Waals surface area contributed by atoms with Crippen LogP contribution in [0.15, 0.2) is 16.3 Å². The molecule has 2 rings (SSSR count). The fraction of sp³-hybridized carbons (Fsp3) is 0.542. The van der Waals surface area contributed by atoms with Gasteiger partial charge >= 0.3 is 0 Å². The summed E-state index contributed by atoms with van der Waals surface area (Å²) >= 11 is 0.933. The lowest BCUT2D eigenvalue weighted by Gasteiger charge is -2.18. The van der Waals surface area contributed by atoms with Crippen LogP contribution >= 0.6 is 11.3 Å². The van der Waals surface area contributed by atoms with Gasteiger partial charge in [-0.05, 0) is 61.4 Å². The summed E-state index contributed by atoms with van der Waals surface area (Å²) in [7, 11) is -3.89. The van der Waals surface area contributed by atoms with Gasteiger partial charge in [0.1, 0.15) is 20.6 Å². The van der Waals surface area contributed by atoms with E-state index < -0.39 is 27.0 Å². The Balaban J connectivity index is 2.41. The monoisotopic (exact) mass is 476 g/mol. The van der Waals surface area contributed by atoms with Crippen molar-refractivity contribution in [1.82, 2.24) is 4.98 Å². The highest BCUT2D eigenvalue weighted by Crippen LogP contribution is 2.32. The van der Waals surface area contributed by atoms with Crippen LogP contribution in [-0.4, -0.2) is 30.0 Å². The van der Waals surface area contributed by atoms with Crippen LogP contribution in [-0.2, 0) is 39.5 Å². The Morgan fingerprint density at radius 3 is 2.44 bits per heavy atom. The molecule has 0 fully saturated rings. The maximum absolute atomic E-state index is 13.1. The number of hydrogen-bond donors (Lipinski definition) is 1. The van der Waals surface area contributed by atoms with Gasteiger partial charge in [0.05, 0.1) is 17.3 Å². The van der Waals surface area contributed by atoms with Crippen molar-refractivity contribution >= 4 is 27.0 Å². The van der Waals surface area contributed by atoms with E-state index >= 15 is 0 Å². The van der Waals surface area contributed by atoms with Gasteiger partial charge in [-0.1, -0.05) is 34.1 Å². The molecule has 1 heterocycles. The normalized spacial score (nSPS) is 12.2. The van der Waals surface area contributed by atoms with Crippen LogP contribution in [0, 0.1) is 11.3 Å². The first-order valence-electron chi connectivity index (χ1n) is 10.9. The number of nitriles is 1. The maximum Gasteiger partial charge on any atom is 0.196 e. The third-order valence-corrected chi connectivity index (χ3v) is 8.89. The first kappa shape index (κ1) is 26.2. The molecular weight excluding hydrogens is 444 g/mol. The van der Waals surface area contributed by atoms with E-state index in [2.05, 4.69) is 11.1 Å². The molecule has 0 aliphatic carbocycles. The number of thiazole rings is 1. The highest BCUT2D eigenvalue weighted by molar-refractivity contribution is 7.94. The number of nitrogens with zero attached hydrogens (tertiary/aromatic N) is 2. The molecule has 0 aliphatic heterocycles. The van der Waals surface area contributed by atoms with Crippen molar-refractivity contribution in [3.63, 3.8) is 0 Å². The first-order valence-corrected chi connectivity index (χ1v) is 13.3. The lowest BCUT2D eigenvalue weighted by atomic mass is 9.87. The molecule has 32 heavy (non-hydrogen) atoms. The Kier molecular flexibility index (Phi) is 8.38. The van der Waals surface area contributed by atoms with Gasteiger partial charge in [0, 0.05) is 6.42 Å². The Morgan fingerprint density at radius 2 is 1.94 bits per heavy atom. The van der Waals surface area contributed by atoms with Gasteiger partial charge < -0.3 is 5.11 Å². The molecule has 0 bridgehead atoms. The van der Waals surface area contributed by atoms with Crippen LogP contribution in [0.3, 0.4) is 0 Å². The zero-order valence-electron chi connectivity index (χ0n) is 19.7. The molecule has 1 N–H and O–H groups in total. The van der Waals surface area contributed by atoms with Crippen molar-refractivity contribution in [1.29, 1.82) is 5.26 Å². The van der Waals surface area contributed by atoms with Gasteiger partial charge in [-0.25, -0.2) is 13.4 Å². The number of ketones is 1. The molecule has 0 spiro atoms. The number of rotatable bonds is 10. The molecule has 0 unspecified atom stereocenters. The lowest BCUT2D eigenvalue weighted by Crippen LogP contribution is -2.20. The summed E-state index contributed by atoms with van der Waals surface area (Å²) in [6, 6.07) is 5.79. The van der Waals surface area contributed by atoms with Gasteiger partial charge in [-0.15, -0.1) is 11.3 Å². The summed E-state index contributed by atoms with van der Waals surface area (Å²) in [5.74, 6) is -0.911. The predicted octanol–water partition coefficient (Wildman–Crippen LogP) is 4.47. The fourth-order valence-electron chi connectivity index (χ4n) is 3.64. The third-order valence-electron chi connectivity index (χ3n) is 5.17. The largest absolute Gasteiger partial charge is 0.383 e. The second kappa shape index (κ2) is 10.2. The van der Waals surface area contributed by atoms with Gasteiger partial charge in [0.15, 0.2) is 15.6 Å². The Bertz CT molecular complexity index is 1130. The minimum Gasteiger partial charge on any atom is -0.383 e. The van der Waals surface area contributed by atoms with Crippen molar-refractivity contribution in [2.75, 3.05) is 5.75 Å². The molecule has 1 aromatic carbocycles. The van der Waals surface area contributed by atoms with E-state index in [0.29, 0.717) is 29.1 Å². The number of hydrogen-bond acceptors (Lipinski definition) is 7. The minimum atomic E-state index is -3.89. The van der Waals surface area contributed by atoms with Crippen LogP contribution in [0.2, 0.25) is 0 Å². The van der Waals surface area contributed by atoms with Crippen molar-refractivity contribution in [2.45, 2.75) is 83.0 Å². The molecule has 0 amide bonds. The van der Waals surface area contributed by atoms with Gasteiger partial charge in [-0.3, -0.25) is 4.79 Å². The van der Waals surface area contributed by atoms with E-state index in [1.165, 1.54) is 0 Å². The summed E-state index contributed by atoms with van der Waals surface area (Å²) < 4.78 is 26.3. The molecule has 0 aliphatic rings. The highest BCUT2D eigenvalue weighted by atomic mass is 32.2. The molecule has 0 saturated carbocycles. The zero-order valence-corrected chi connectivity index (χ0v) is 21.3. The van der Waals surface area contributed by atoms with Crippen LogP contribution in [0.1, 0.15) is 86.8 Å². The minimum absolute atomic E-state index is 0.00635. The van der Waals surface area contributed by atoms with Gasteiger partial charge in [-0.2, -0.15) is 5.26 Å². The van der Waals surface area contributed by atoms with Crippen LogP contribution in [0.4, 0.5) is 0 Å². The zero-order chi connectivity index (χ0) is 24.3. The van der Waals surface area contributed by atoms with Crippen molar-refractivity contribution in [2.24, 2.45) is 0 Å². The quantitative estimate of drug-likeness (QED) is 0.542. The SMILES string of the molecule is CCCc1cc(C#N)cc(C(C)C)c1CC(=O)CS(=O)(=O)c1sc(C(C)(C)O)nc1CC. The fourth-order valence-corrected chi connectivity index (χ4v) is 6.65. The third kappa shape index (κ3) is 6.03. The summed E-state index contributed by atoms with van der Waals surface area (Å²) in [6.45, 7) is 10.9. The molecule has 174 valence electrons. The number of aromatic nitrogens is 1. The van der Waals surface area contributed by atoms with Gasteiger partial charge in [0.2, 0.25) is 0 Å². The first-order chi connectivity index (χ1) is 14.8. The second-order valence-corrected chi connectivity index (χ2v) is 12.0. The van der Waals surface area contributed by atoms with E-state index in [4.69, 9.17) is 0 Å². The molecule has 6 nitrogen and oxygen atoms in total. The van der Waals surface area contributed by atoms with E-state index in [1.807, 2.05) is 20.8 Å². The lowest BCUT2D eigenvalue weighted by molar-refractivity contribution is -0.116. The van der Waals surface area contributed by atoms with E-state index in [-0.39, 0.29) is 16.5 Å². The van der Waals surface area contributed by atoms with Gasteiger partial charge in [0.25, 0.3) is 0 Å². The van der Waals surface area contributed by atoms with Crippen molar-refractivity contribution in [3.8, 4) is 6.07 Å². The predicted molar refractivity (Wildman–Crippen MR) is 127 cm³/mol. The summed E-state index contributed by atoms with van der Waals surface area (Å²) in [4.78, 5) is 17.3. The number of sulfone groups is 1. The molecule has 0 atom stereocenters. The number of aliphatic hydroxyl groups is 1.